The number of benzene rings is 2. The van der Waals surface area contributed by atoms with E-state index in [-0.39, 0.29) is 22.8 Å². The highest BCUT2D eigenvalue weighted by molar-refractivity contribution is 7.92. The summed E-state index contributed by atoms with van der Waals surface area (Å²) >= 11 is 0. The number of anilines is 1. The molecule has 0 amide bonds. The van der Waals surface area contributed by atoms with Crippen molar-refractivity contribution in [3.63, 3.8) is 0 Å². The first kappa shape index (κ1) is 15.1. The van der Waals surface area contributed by atoms with Gasteiger partial charge in [-0.3, -0.25) is 9.52 Å². The Morgan fingerprint density at radius 2 is 1.62 bits per heavy atom. The fraction of sp³-hybridized carbons (Fsp3) is 0.133. The number of ether oxygens (including phenoxy) is 1. The van der Waals surface area contributed by atoms with Gasteiger partial charge >= 0.3 is 0 Å². The molecule has 0 unspecified atom stereocenters. The number of nitrogens with one attached hydrogen (secondary N) is 1. The number of rotatable bonds is 5. The minimum Gasteiger partial charge on any atom is -0.426 e. The minimum absolute atomic E-state index is 0.144. The Morgan fingerprint density at radius 3 is 2.24 bits per heavy atom. The van der Waals surface area contributed by atoms with E-state index in [0.29, 0.717) is 0 Å². The van der Waals surface area contributed by atoms with Gasteiger partial charge in [-0.15, -0.1) is 0 Å². The van der Waals surface area contributed by atoms with Crippen molar-refractivity contribution < 1.29 is 17.9 Å². The Balaban J connectivity index is 2.36. The lowest BCUT2D eigenvalue weighted by Gasteiger charge is -2.12. The number of hydrogen-bond donors (Lipinski definition) is 1. The summed E-state index contributed by atoms with van der Waals surface area (Å²) in [5.41, 5.74) is 2.03. The van der Waals surface area contributed by atoms with Crippen LogP contribution in [0.15, 0.2) is 47.4 Å². The average molecular weight is 305 g/mol. The second-order valence-electron chi connectivity index (χ2n) is 4.63. The monoisotopic (exact) mass is 305 g/mol. The van der Waals surface area contributed by atoms with Crippen molar-refractivity contribution in [2.24, 2.45) is 0 Å². The average Bonchev–Trinajstić information content (AvgIpc) is 2.42. The van der Waals surface area contributed by atoms with Crippen molar-refractivity contribution in [2.75, 3.05) is 4.72 Å². The Kier molecular flexibility index (Phi) is 4.28. The Morgan fingerprint density at radius 1 is 1.00 bits per heavy atom. The van der Waals surface area contributed by atoms with Crippen molar-refractivity contribution in [1.29, 1.82) is 0 Å². The predicted molar refractivity (Wildman–Crippen MR) is 79.9 cm³/mol. The van der Waals surface area contributed by atoms with Gasteiger partial charge in [0.25, 0.3) is 16.5 Å². The molecular formula is C15H15NO4S. The largest absolute Gasteiger partial charge is 0.426 e. The van der Waals surface area contributed by atoms with Crippen LogP contribution in [0.5, 0.6) is 5.75 Å². The van der Waals surface area contributed by atoms with Crippen molar-refractivity contribution in [2.45, 2.75) is 18.7 Å². The highest BCUT2D eigenvalue weighted by Gasteiger charge is 2.16. The maximum Gasteiger partial charge on any atom is 0.298 e. The molecule has 2 rings (SSSR count). The summed E-state index contributed by atoms with van der Waals surface area (Å²) in [6.07, 6.45) is 0. The summed E-state index contributed by atoms with van der Waals surface area (Å²) in [6, 6.07) is 11.3. The first-order chi connectivity index (χ1) is 9.92. The lowest BCUT2D eigenvalue weighted by molar-refractivity contribution is -0.120. The lowest BCUT2D eigenvalue weighted by atomic mass is 10.2. The summed E-state index contributed by atoms with van der Waals surface area (Å²) < 4.78 is 31.8. The molecule has 0 aliphatic carbocycles. The van der Waals surface area contributed by atoms with Gasteiger partial charge in [-0.1, -0.05) is 23.8 Å². The molecule has 0 fully saturated rings. The molecule has 0 saturated heterocycles. The van der Waals surface area contributed by atoms with E-state index in [2.05, 4.69) is 4.72 Å². The molecule has 0 aliphatic heterocycles. The van der Waals surface area contributed by atoms with Gasteiger partial charge in [0.1, 0.15) is 0 Å². The van der Waals surface area contributed by atoms with Crippen LogP contribution in [-0.2, 0) is 14.8 Å². The van der Waals surface area contributed by atoms with E-state index >= 15 is 0 Å². The zero-order valence-corrected chi connectivity index (χ0v) is 12.5. The molecule has 0 atom stereocenters. The number of hydrogen-bond acceptors (Lipinski definition) is 4. The number of carbonyl (C=O) groups is 1. The topological polar surface area (TPSA) is 72.5 Å². The maximum absolute atomic E-state index is 12.3. The van der Waals surface area contributed by atoms with E-state index < -0.39 is 10.0 Å². The van der Waals surface area contributed by atoms with Crippen molar-refractivity contribution >= 4 is 22.2 Å². The van der Waals surface area contributed by atoms with E-state index in [9.17, 15) is 13.2 Å². The van der Waals surface area contributed by atoms with Crippen LogP contribution >= 0.6 is 0 Å². The van der Waals surface area contributed by atoms with Crippen LogP contribution in [0, 0.1) is 13.8 Å². The van der Waals surface area contributed by atoms with Crippen LogP contribution in [0.1, 0.15) is 11.1 Å². The van der Waals surface area contributed by atoms with E-state index in [1.165, 1.54) is 12.1 Å². The normalized spacial score (nSPS) is 11.0. The van der Waals surface area contributed by atoms with Crippen LogP contribution in [0.25, 0.3) is 0 Å². The molecule has 0 aromatic heterocycles. The van der Waals surface area contributed by atoms with Gasteiger partial charge in [-0.2, -0.15) is 0 Å². The number of aryl methyl sites for hydroxylation is 2. The molecule has 2 aromatic carbocycles. The van der Waals surface area contributed by atoms with Crippen LogP contribution in [0.3, 0.4) is 0 Å². The van der Waals surface area contributed by atoms with Crippen LogP contribution in [0.4, 0.5) is 5.69 Å². The first-order valence-electron chi connectivity index (χ1n) is 6.23. The second-order valence-corrected chi connectivity index (χ2v) is 6.31. The van der Waals surface area contributed by atoms with Gasteiger partial charge in [0.15, 0.2) is 5.75 Å². The van der Waals surface area contributed by atoms with E-state index in [0.717, 1.165) is 11.1 Å². The van der Waals surface area contributed by atoms with E-state index in [4.69, 9.17) is 4.74 Å². The highest BCUT2D eigenvalue weighted by Crippen LogP contribution is 2.27. The molecule has 0 radical (unpaired) electrons. The summed E-state index contributed by atoms with van der Waals surface area (Å²) in [5.74, 6) is 0.167. The van der Waals surface area contributed by atoms with Gasteiger partial charge in [0, 0.05) is 0 Å². The van der Waals surface area contributed by atoms with Gasteiger partial charge < -0.3 is 4.74 Å². The van der Waals surface area contributed by atoms with Gasteiger partial charge in [-0.25, -0.2) is 8.42 Å². The molecule has 0 heterocycles. The zero-order chi connectivity index (χ0) is 15.5. The molecule has 1 N–H and O–H groups in total. The molecule has 0 bridgehead atoms. The standard InChI is InChI=1S/C15H15NO4S/c1-11-3-6-13(7-4-11)21(18,19)16-14-8-5-12(2)9-15(14)20-10-17/h3-10,16H,1-2H3. The number of carbonyl (C=O) groups excluding carboxylic acids is 1. The summed E-state index contributed by atoms with van der Waals surface area (Å²) in [7, 11) is -3.73. The molecule has 110 valence electrons. The van der Waals surface area contributed by atoms with Crippen molar-refractivity contribution in [1.82, 2.24) is 0 Å². The van der Waals surface area contributed by atoms with Gasteiger partial charge in [0.2, 0.25) is 0 Å². The van der Waals surface area contributed by atoms with Crippen LogP contribution in [0.2, 0.25) is 0 Å². The maximum atomic E-state index is 12.3. The summed E-state index contributed by atoms with van der Waals surface area (Å²) in [5, 5.41) is 0. The number of sulfonamides is 1. The molecule has 2 aromatic rings. The fourth-order valence-corrected chi connectivity index (χ4v) is 2.85. The van der Waals surface area contributed by atoms with E-state index in [1.807, 2.05) is 13.8 Å². The summed E-state index contributed by atoms with van der Waals surface area (Å²) in [4.78, 5) is 10.7. The summed E-state index contributed by atoms with van der Waals surface area (Å²) in [6.45, 7) is 3.95. The van der Waals surface area contributed by atoms with Gasteiger partial charge in [0.05, 0.1) is 10.6 Å². The molecule has 21 heavy (non-hydrogen) atoms. The molecule has 6 heteroatoms. The smallest absolute Gasteiger partial charge is 0.298 e. The van der Waals surface area contributed by atoms with Gasteiger partial charge in [-0.05, 0) is 43.7 Å². The Hall–Kier alpha value is -2.34. The quantitative estimate of drug-likeness (QED) is 0.862. The molecular weight excluding hydrogens is 290 g/mol. The molecule has 0 spiro atoms. The molecule has 0 aliphatic rings. The predicted octanol–water partition coefficient (Wildman–Crippen LogP) is 2.64. The molecule has 5 nitrogen and oxygen atoms in total. The van der Waals surface area contributed by atoms with Crippen LogP contribution in [-0.4, -0.2) is 14.9 Å². The zero-order valence-electron chi connectivity index (χ0n) is 11.7. The second kappa shape index (κ2) is 5.97. The van der Waals surface area contributed by atoms with E-state index in [1.54, 1.807) is 30.3 Å². The third kappa shape index (κ3) is 3.61. The minimum atomic E-state index is -3.73. The highest BCUT2D eigenvalue weighted by atomic mass is 32.2. The fourth-order valence-electron chi connectivity index (χ4n) is 1.78. The Bertz CT molecular complexity index is 752. The third-order valence-electron chi connectivity index (χ3n) is 2.89. The first-order valence-corrected chi connectivity index (χ1v) is 7.71. The van der Waals surface area contributed by atoms with Crippen molar-refractivity contribution in [3.05, 3.63) is 53.6 Å². The van der Waals surface area contributed by atoms with Crippen LogP contribution < -0.4 is 9.46 Å². The third-order valence-corrected chi connectivity index (χ3v) is 4.27. The molecule has 0 saturated carbocycles. The lowest BCUT2D eigenvalue weighted by Crippen LogP contribution is -2.13. The van der Waals surface area contributed by atoms with Crippen molar-refractivity contribution in [3.8, 4) is 5.75 Å². The SMILES string of the molecule is Cc1ccc(S(=O)(=O)Nc2ccc(C)cc2OC=O)cc1. The Labute approximate surface area is 123 Å².